The number of halogens is 1. The SMILES string of the molecule is CC(Nc1cc(Cl)nc(C(C)(C)C)n1)C1CC2CCC1C2. The van der Waals surface area contributed by atoms with Gasteiger partial charge >= 0.3 is 0 Å². The highest BCUT2D eigenvalue weighted by Crippen LogP contribution is 2.49. The van der Waals surface area contributed by atoms with E-state index in [1.807, 2.05) is 6.07 Å². The monoisotopic (exact) mass is 307 g/mol. The molecule has 0 spiro atoms. The second-order valence-corrected chi connectivity index (χ2v) is 8.31. The number of nitrogens with zero attached hydrogens (tertiary/aromatic N) is 2. The third kappa shape index (κ3) is 3.18. The van der Waals surface area contributed by atoms with Crippen molar-refractivity contribution < 1.29 is 0 Å². The molecule has 2 bridgehead atoms. The fraction of sp³-hybridized carbons (Fsp3) is 0.765. The quantitative estimate of drug-likeness (QED) is 0.825. The van der Waals surface area contributed by atoms with Gasteiger partial charge in [0.15, 0.2) is 0 Å². The first-order valence-electron chi connectivity index (χ1n) is 8.14. The summed E-state index contributed by atoms with van der Waals surface area (Å²) in [7, 11) is 0. The smallest absolute Gasteiger partial charge is 0.137 e. The van der Waals surface area contributed by atoms with E-state index in [0.29, 0.717) is 11.2 Å². The van der Waals surface area contributed by atoms with Gasteiger partial charge in [0.1, 0.15) is 16.8 Å². The van der Waals surface area contributed by atoms with Crippen molar-refractivity contribution in [3.8, 4) is 0 Å². The molecule has 0 radical (unpaired) electrons. The molecule has 4 unspecified atom stereocenters. The molecule has 3 nitrogen and oxygen atoms in total. The molecular formula is C17H26ClN3. The summed E-state index contributed by atoms with van der Waals surface area (Å²) in [6, 6.07) is 2.31. The van der Waals surface area contributed by atoms with E-state index in [4.69, 9.17) is 11.6 Å². The zero-order valence-electron chi connectivity index (χ0n) is 13.5. The molecule has 2 aliphatic rings. The Kier molecular flexibility index (Phi) is 3.89. The fourth-order valence-electron chi connectivity index (χ4n) is 4.07. The maximum absolute atomic E-state index is 6.17. The molecule has 0 amide bonds. The van der Waals surface area contributed by atoms with E-state index in [-0.39, 0.29) is 5.41 Å². The minimum atomic E-state index is -0.0863. The van der Waals surface area contributed by atoms with Crippen LogP contribution in [0, 0.1) is 17.8 Å². The van der Waals surface area contributed by atoms with Crippen LogP contribution in [0.5, 0.6) is 0 Å². The summed E-state index contributed by atoms with van der Waals surface area (Å²) >= 11 is 6.17. The van der Waals surface area contributed by atoms with Crippen LogP contribution in [0.25, 0.3) is 0 Å². The Morgan fingerprint density at radius 3 is 2.57 bits per heavy atom. The lowest BCUT2D eigenvalue weighted by molar-refractivity contribution is 0.304. The molecule has 4 atom stereocenters. The third-order valence-electron chi connectivity index (χ3n) is 5.18. The highest BCUT2D eigenvalue weighted by Gasteiger charge is 2.41. The standard InChI is InChI=1S/C17H26ClN3/c1-10(13-8-11-5-6-12(13)7-11)19-15-9-14(18)20-16(21-15)17(2,3)4/h9-13H,5-8H2,1-4H3,(H,19,20,21). The van der Waals surface area contributed by atoms with Gasteiger partial charge in [0, 0.05) is 17.5 Å². The molecule has 4 heteroatoms. The predicted octanol–water partition coefficient (Wildman–Crippen LogP) is 4.66. The van der Waals surface area contributed by atoms with E-state index in [1.54, 1.807) is 0 Å². The van der Waals surface area contributed by atoms with Gasteiger partial charge in [0.05, 0.1) is 0 Å². The molecule has 1 aromatic rings. The Morgan fingerprint density at radius 2 is 2.00 bits per heavy atom. The molecule has 3 rings (SSSR count). The number of rotatable bonds is 3. The van der Waals surface area contributed by atoms with E-state index >= 15 is 0 Å². The van der Waals surface area contributed by atoms with Crippen molar-refractivity contribution in [1.82, 2.24) is 9.97 Å². The Hall–Kier alpha value is -0.830. The van der Waals surface area contributed by atoms with Crippen LogP contribution in [-0.4, -0.2) is 16.0 Å². The van der Waals surface area contributed by atoms with Crippen LogP contribution in [0.2, 0.25) is 5.15 Å². The van der Waals surface area contributed by atoms with Gasteiger partial charge < -0.3 is 5.32 Å². The lowest BCUT2D eigenvalue weighted by atomic mass is 9.84. The van der Waals surface area contributed by atoms with E-state index < -0.39 is 0 Å². The van der Waals surface area contributed by atoms with Crippen LogP contribution in [0.15, 0.2) is 6.07 Å². The number of fused-ring (bicyclic) bond motifs is 2. The second kappa shape index (κ2) is 5.42. The molecule has 2 aliphatic carbocycles. The number of hydrogen-bond donors (Lipinski definition) is 1. The van der Waals surface area contributed by atoms with Crippen molar-refractivity contribution in [1.29, 1.82) is 0 Å². The molecule has 21 heavy (non-hydrogen) atoms. The number of aromatic nitrogens is 2. The van der Waals surface area contributed by atoms with E-state index in [9.17, 15) is 0 Å². The lowest BCUT2D eigenvalue weighted by Gasteiger charge is -2.29. The van der Waals surface area contributed by atoms with Crippen molar-refractivity contribution >= 4 is 17.4 Å². The zero-order chi connectivity index (χ0) is 15.2. The normalized spacial score (nSPS) is 29.7. The summed E-state index contributed by atoms with van der Waals surface area (Å²) in [4.78, 5) is 9.03. The Labute approximate surface area is 132 Å². The van der Waals surface area contributed by atoms with Gasteiger partial charge in [0.2, 0.25) is 0 Å². The van der Waals surface area contributed by atoms with Crippen molar-refractivity contribution in [3.63, 3.8) is 0 Å². The number of anilines is 1. The maximum Gasteiger partial charge on any atom is 0.137 e. The van der Waals surface area contributed by atoms with Gasteiger partial charge in [-0.1, -0.05) is 38.8 Å². The van der Waals surface area contributed by atoms with Crippen LogP contribution < -0.4 is 5.32 Å². The lowest BCUT2D eigenvalue weighted by Crippen LogP contribution is -2.30. The first kappa shape index (κ1) is 15.1. The maximum atomic E-state index is 6.17. The van der Waals surface area contributed by atoms with Crippen molar-refractivity contribution in [2.45, 2.75) is 64.8 Å². The summed E-state index contributed by atoms with van der Waals surface area (Å²) in [5.41, 5.74) is -0.0863. The summed E-state index contributed by atoms with van der Waals surface area (Å²) in [6.45, 7) is 8.63. The van der Waals surface area contributed by atoms with Crippen LogP contribution >= 0.6 is 11.6 Å². The second-order valence-electron chi connectivity index (χ2n) is 7.92. The molecular weight excluding hydrogens is 282 g/mol. The number of nitrogens with one attached hydrogen (secondary N) is 1. The first-order chi connectivity index (χ1) is 9.83. The topological polar surface area (TPSA) is 37.8 Å². The van der Waals surface area contributed by atoms with Gasteiger partial charge in [-0.25, -0.2) is 9.97 Å². The van der Waals surface area contributed by atoms with Crippen LogP contribution in [0.1, 0.15) is 59.2 Å². The molecule has 1 aromatic heterocycles. The fourth-order valence-corrected chi connectivity index (χ4v) is 4.26. The minimum Gasteiger partial charge on any atom is -0.367 e. The van der Waals surface area contributed by atoms with E-state index in [0.717, 1.165) is 29.4 Å². The average Bonchev–Trinajstić information content (AvgIpc) is 2.99. The molecule has 2 saturated carbocycles. The predicted molar refractivity (Wildman–Crippen MR) is 87.8 cm³/mol. The van der Waals surface area contributed by atoms with Gasteiger partial charge in [-0.3, -0.25) is 0 Å². The van der Waals surface area contributed by atoms with E-state index in [1.165, 1.54) is 25.7 Å². The largest absolute Gasteiger partial charge is 0.367 e. The molecule has 0 aliphatic heterocycles. The highest BCUT2D eigenvalue weighted by molar-refractivity contribution is 6.29. The molecule has 0 saturated heterocycles. The third-order valence-corrected chi connectivity index (χ3v) is 5.37. The minimum absolute atomic E-state index is 0.0863. The van der Waals surface area contributed by atoms with Crippen LogP contribution in [-0.2, 0) is 5.41 Å². The highest BCUT2D eigenvalue weighted by atomic mass is 35.5. The Bertz CT molecular complexity index is 523. The van der Waals surface area contributed by atoms with Gasteiger partial charge in [-0.05, 0) is 43.9 Å². The summed E-state index contributed by atoms with van der Waals surface area (Å²) < 4.78 is 0. The van der Waals surface area contributed by atoms with Crippen molar-refractivity contribution in [2.24, 2.45) is 17.8 Å². The first-order valence-corrected chi connectivity index (χ1v) is 8.52. The van der Waals surface area contributed by atoms with Gasteiger partial charge in [-0.15, -0.1) is 0 Å². The van der Waals surface area contributed by atoms with Crippen molar-refractivity contribution in [2.75, 3.05) is 5.32 Å². The zero-order valence-corrected chi connectivity index (χ0v) is 14.2. The van der Waals surface area contributed by atoms with Crippen LogP contribution in [0.3, 0.4) is 0 Å². The van der Waals surface area contributed by atoms with E-state index in [2.05, 4.69) is 43.0 Å². The van der Waals surface area contributed by atoms with Gasteiger partial charge in [-0.2, -0.15) is 0 Å². The molecule has 1 N–H and O–H groups in total. The average molecular weight is 308 g/mol. The Morgan fingerprint density at radius 1 is 1.24 bits per heavy atom. The summed E-state index contributed by atoms with van der Waals surface area (Å²) in [6.07, 6.45) is 5.68. The molecule has 0 aromatic carbocycles. The summed E-state index contributed by atoms with van der Waals surface area (Å²) in [5, 5.41) is 4.11. The van der Waals surface area contributed by atoms with Gasteiger partial charge in [0.25, 0.3) is 0 Å². The molecule has 116 valence electrons. The molecule has 2 fully saturated rings. The Balaban J connectivity index is 1.74. The summed E-state index contributed by atoms with van der Waals surface area (Å²) in [5.74, 6) is 4.35. The number of hydrogen-bond acceptors (Lipinski definition) is 3. The molecule has 1 heterocycles. The van der Waals surface area contributed by atoms with Crippen LogP contribution in [0.4, 0.5) is 5.82 Å². The van der Waals surface area contributed by atoms with Crippen molar-refractivity contribution in [3.05, 3.63) is 17.0 Å².